The average Bonchev–Trinajstić information content (AvgIpc) is 2.76. The molecule has 1 aromatic heterocycles. The zero-order valence-corrected chi connectivity index (χ0v) is 10.9. The van der Waals surface area contributed by atoms with E-state index in [0.29, 0.717) is 12.8 Å². The molecule has 0 fully saturated rings. The van der Waals surface area contributed by atoms with E-state index < -0.39 is 5.60 Å². The van der Waals surface area contributed by atoms with Crippen LogP contribution in [0.25, 0.3) is 0 Å². The van der Waals surface area contributed by atoms with Gasteiger partial charge in [-0.2, -0.15) is 11.3 Å². The Labute approximate surface area is 101 Å². The van der Waals surface area contributed by atoms with E-state index in [2.05, 4.69) is 16.8 Å². The summed E-state index contributed by atoms with van der Waals surface area (Å²) in [4.78, 5) is 0. The third kappa shape index (κ3) is 4.61. The molecule has 0 amide bonds. The monoisotopic (exact) mass is 244 g/mol. The molecule has 0 aliphatic carbocycles. The first-order valence-corrected chi connectivity index (χ1v) is 6.31. The van der Waals surface area contributed by atoms with Crippen LogP contribution in [0.1, 0.15) is 25.3 Å². The molecule has 1 N–H and O–H groups in total. The third-order valence-electron chi connectivity index (χ3n) is 2.66. The Kier molecular flexibility index (Phi) is 5.41. The molecule has 1 rings (SSSR count). The fourth-order valence-electron chi connectivity index (χ4n) is 1.57. The number of rotatable bonds is 7. The van der Waals surface area contributed by atoms with E-state index in [9.17, 15) is 5.11 Å². The molecule has 4 heteroatoms. The molecule has 0 spiro atoms. The van der Waals surface area contributed by atoms with Crippen LogP contribution < -0.4 is 0 Å². The van der Waals surface area contributed by atoms with Crippen LogP contribution in [0.3, 0.4) is 0 Å². The minimum absolute atomic E-state index is 0.336. The molecule has 0 aromatic carbocycles. The first kappa shape index (κ1) is 13.6. The molecule has 3 nitrogen and oxygen atoms in total. The van der Waals surface area contributed by atoms with Crippen molar-refractivity contribution in [1.29, 1.82) is 0 Å². The molecule has 1 unspecified atom stereocenters. The van der Waals surface area contributed by atoms with Gasteiger partial charge in [-0.15, -0.1) is 0 Å². The normalized spacial score (nSPS) is 15.3. The van der Waals surface area contributed by atoms with Crippen LogP contribution in [0, 0.1) is 0 Å². The summed E-state index contributed by atoms with van der Waals surface area (Å²) in [5.41, 5.74) is 0.523. The molecule has 0 saturated heterocycles. The average molecular weight is 244 g/mol. The van der Waals surface area contributed by atoms with Crippen LogP contribution in [0.15, 0.2) is 16.8 Å². The molecule has 0 bridgehead atoms. The Hall–Kier alpha value is -0.420. The summed E-state index contributed by atoms with van der Waals surface area (Å²) >= 11 is 1.68. The minimum Gasteiger partial charge on any atom is -0.390 e. The van der Waals surface area contributed by atoms with Crippen molar-refractivity contribution in [2.24, 2.45) is 0 Å². The highest BCUT2D eigenvalue weighted by Gasteiger charge is 2.25. The maximum Gasteiger partial charge on any atom is 0.159 e. The molecule has 0 aliphatic heterocycles. The summed E-state index contributed by atoms with van der Waals surface area (Å²) < 4.78 is 10.2. The van der Waals surface area contributed by atoms with Crippen molar-refractivity contribution in [3.8, 4) is 0 Å². The zero-order valence-electron chi connectivity index (χ0n) is 10.1. The van der Waals surface area contributed by atoms with E-state index in [4.69, 9.17) is 9.47 Å². The zero-order chi connectivity index (χ0) is 12.0. The molecule has 0 radical (unpaired) electrons. The van der Waals surface area contributed by atoms with Crippen LogP contribution >= 0.6 is 11.3 Å². The quantitative estimate of drug-likeness (QED) is 0.749. The number of aliphatic hydroxyl groups is 1. The van der Waals surface area contributed by atoms with E-state index in [-0.39, 0.29) is 6.29 Å². The third-order valence-corrected chi connectivity index (χ3v) is 3.40. The van der Waals surface area contributed by atoms with Crippen LogP contribution in [0.4, 0.5) is 0 Å². The largest absolute Gasteiger partial charge is 0.390 e. The molecule has 0 aliphatic rings. The number of methoxy groups -OCH3 is 2. The van der Waals surface area contributed by atoms with Gasteiger partial charge in [-0.25, -0.2) is 0 Å². The van der Waals surface area contributed by atoms with Gasteiger partial charge in [0.2, 0.25) is 0 Å². The van der Waals surface area contributed by atoms with E-state index in [1.807, 2.05) is 6.92 Å². The summed E-state index contributed by atoms with van der Waals surface area (Å²) in [6, 6.07) is 2.09. The fraction of sp³-hybridized carbons (Fsp3) is 0.667. The van der Waals surface area contributed by atoms with Gasteiger partial charge < -0.3 is 14.6 Å². The smallest absolute Gasteiger partial charge is 0.159 e. The van der Waals surface area contributed by atoms with Crippen LogP contribution in [0.2, 0.25) is 0 Å². The topological polar surface area (TPSA) is 38.7 Å². The van der Waals surface area contributed by atoms with Crippen LogP contribution in [-0.4, -0.2) is 31.2 Å². The van der Waals surface area contributed by atoms with Gasteiger partial charge in [-0.3, -0.25) is 0 Å². The number of aryl methyl sites for hydroxylation is 1. The fourth-order valence-corrected chi connectivity index (χ4v) is 2.28. The molecule has 0 saturated carbocycles. The van der Waals surface area contributed by atoms with Gasteiger partial charge in [0.15, 0.2) is 6.29 Å². The van der Waals surface area contributed by atoms with E-state index in [0.717, 1.165) is 6.42 Å². The van der Waals surface area contributed by atoms with Crippen molar-refractivity contribution < 1.29 is 14.6 Å². The molecule has 1 heterocycles. The number of hydrogen-bond donors (Lipinski definition) is 1. The Morgan fingerprint density at radius 3 is 2.62 bits per heavy atom. The SMILES string of the molecule is COC(CC(C)(O)CCc1ccsc1)OC. The summed E-state index contributed by atoms with van der Waals surface area (Å²) in [6.07, 6.45) is 1.76. The lowest BCUT2D eigenvalue weighted by Gasteiger charge is -2.26. The van der Waals surface area contributed by atoms with Gasteiger partial charge in [0, 0.05) is 20.6 Å². The lowest BCUT2D eigenvalue weighted by atomic mass is 9.94. The number of hydrogen-bond acceptors (Lipinski definition) is 4. The molecule has 1 aromatic rings. The standard InChI is InChI=1S/C12H20O3S/c1-12(13,8-11(14-2)15-3)6-4-10-5-7-16-9-10/h5,7,9,11,13H,4,6,8H2,1-3H3. The van der Waals surface area contributed by atoms with E-state index >= 15 is 0 Å². The Balaban J connectivity index is 2.38. The second-order valence-electron chi connectivity index (χ2n) is 4.23. The van der Waals surface area contributed by atoms with Gasteiger partial charge in [0.25, 0.3) is 0 Å². The van der Waals surface area contributed by atoms with Crippen molar-refractivity contribution in [2.45, 2.75) is 38.1 Å². The van der Waals surface area contributed by atoms with Crippen molar-refractivity contribution >= 4 is 11.3 Å². The predicted octanol–water partition coefficient (Wildman–Crippen LogP) is 2.44. The summed E-state index contributed by atoms with van der Waals surface area (Å²) in [5, 5.41) is 14.4. The van der Waals surface area contributed by atoms with Gasteiger partial charge in [0.1, 0.15) is 0 Å². The highest BCUT2D eigenvalue weighted by Crippen LogP contribution is 2.21. The highest BCUT2D eigenvalue weighted by atomic mass is 32.1. The van der Waals surface area contributed by atoms with Crippen LogP contribution in [-0.2, 0) is 15.9 Å². The van der Waals surface area contributed by atoms with Crippen molar-refractivity contribution in [2.75, 3.05) is 14.2 Å². The van der Waals surface area contributed by atoms with Crippen molar-refractivity contribution in [3.05, 3.63) is 22.4 Å². The van der Waals surface area contributed by atoms with E-state index in [1.165, 1.54) is 5.56 Å². The summed E-state index contributed by atoms with van der Waals surface area (Å²) in [5.74, 6) is 0. The number of thiophene rings is 1. The van der Waals surface area contributed by atoms with Crippen molar-refractivity contribution in [1.82, 2.24) is 0 Å². The lowest BCUT2D eigenvalue weighted by molar-refractivity contribution is -0.141. The summed E-state index contributed by atoms with van der Waals surface area (Å²) in [6.45, 7) is 1.82. The maximum atomic E-state index is 10.2. The van der Waals surface area contributed by atoms with Crippen molar-refractivity contribution in [3.63, 3.8) is 0 Å². The first-order chi connectivity index (χ1) is 7.57. The number of ether oxygens (including phenoxy) is 2. The Morgan fingerprint density at radius 1 is 1.44 bits per heavy atom. The first-order valence-electron chi connectivity index (χ1n) is 5.36. The lowest BCUT2D eigenvalue weighted by Crippen LogP contribution is -2.32. The second kappa shape index (κ2) is 6.35. The maximum absolute atomic E-state index is 10.2. The molecule has 1 atom stereocenters. The summed E-state index contributed by atoms with van der Waals surface area (Å²) in [7, 11) is 3.17. The van der Waals surface area contributed by atoms with E-state index in [1.54, 1.807) is 25.6 Å². The molecule has 16 heavy (non-hydrogen) atoms. The molecular weight excluding hydrogens is 224 g/mol. The van der Waals surface area contributed by atoms with Gasteiger partial charge in [-0.1, -0.05) is 0 Å². The Bertz CT molecular complexity index is 278. The molecular formula is C12H20O3S. The highest BCUT2D eigenvalue weighted by molar-refractivity contribution is 7.07. The van der Waals surface area contributed by atoms with Gasteiger partial charge in [0.05, 0.1) is 5.60 Å². The Morgan fingerprint density at radius 2 is 2.12 bits per heavy atom. The van der Waals surface area contributed by atoms with Gasteiger partial charge >= 0.3 is 0 Å². The van der Waals surface area contributed by atoms with Crippen LogP contribution in [0.5, 0.6) is 0 Å². The van der Waals surface area contributed by atoms with Gasteiger partial charge in [-0.05, 0) is 42.2 Å². The minimum atomic E-state index is -0.751. The molecule has 92 valence electrons. The second-order valence-corrected chi connectivity index (χ2v) is 5.01. The predicted molar refractivity (Wildman–Crippen MR) is 65.7 cm³/mol.